The SMILES string of the molecule is Brc1cccc(Br)c1NCc1ccccc1N1CCCC1. The van der Waals surface area contributed by atoms with E-state index >= 15 is 0 Å². The number of hydrogen-bond donors (Lipinski definition) is 1. The number of halogens is 2. The molecule has 1 N–H and O–H groups in total. The largest absolute Gasteiger partial charge is 0.379 e. The van der Waals surface area contributed by atoms with E-state index in [0.717, 1.165) is 21.2 Å². The number of rotatable bonds is 4. The van der Waals surface area contributed by atoms with Crippen LogP contribution in [-0.2, 0) is 6.54 Å². The lowest BCUT2D eigenvalue weighted by molar-refractivity contribution is 0.949. The molecule has 110 valence electrons. The maximum absolute atomic E-state index is 3.60. The lowest BCUT2D eigenvalue weighted by Crippen LogP contribution is -2.20. The molecule has 1 heterocycles. The topological polar surface area (TPSA) is 15.3 Å². The number of nitrogens with zero attached hydrogens (tertiary/aromatic N) is 1. The first-order chi connectivity index (χ1) is 10.3. The third-order valence-electron chi connectivity index (χ3n) is 3.86. The van der Waals surface area contributed by atoms with Gasteiger partial charge in [-0.3, -0.25) is 0 Å². The Kier molecular flexibility index (Phi) is 4.86. The van der Waals surface area contributed by atoms with E-state index in [1.807, 2.05) is 6.07 Å². The van der Waals surface area contributed by atoms with Gasteiger partial charge in [-0.15, -0.1) is 0 Å². The van der Waals surface area contributed by atoms with Crippen molar-refractivity contribution in [3.05, 3.63) is 57.0 Å². The molecular formula is C17H18Br2N2. The molecule has 0 saturated carbocycles. The van der Waals surface area contributed by atoms with Crippen LogP contribution < -0.4 is 10.2 Å². The molecule has 1 fully saturated rings. The minimum absolute atomic E-state index is 0.827. The van der Waals surface area contributed by atoms with E-state index in [0.29, 0.717) is 0 Å². The summed E-state index contributed by atoms with van der Waals surface area (Å²) >= 11 is 7.21. The zero-order chi connectivity index (χ0) is 14.7. The van der Waals surface area contributed by atoms with Gasteiger partial charge in [-0.05, 0) is 68.5 Å². The van der Waals surface area contributed by atoms with Gasteiger partial charge in [-0.25, -0.2) is 0 Å². The van der Waals surface area contributed by atoms with Crippen LogP contribution in [0.2, 0.25) is 0 Å². The summed E-state index contributed by atoms with van der Waals surface area (Å²) in [5.41, 5.74) is 3.82. The first-order valence-electron chi connectivity index (χ1n) is 7.26. The maximum Gasteiger partial charge on any atom is 0.0631 e. The molecule has 0 aromatic heterocycles. The van der Waals surface area contributed by atoms with Crippen LogP contribution in [0.4, 0.5) is 11.4 Å². The molecule has 2 aromatic rings. The van der Waals surface area contributed by atoms with Gasteiger partial charge in [0.05, 0.1) is 5.69 Å². The fourth-order valence-corrected chi connectivity index (χ4v) is 4.06. The summed E-state index contributed by atoms with van der Waals surface area (Å²) in [6, 6.07) is 14.8. The molecule has 2 nitrogen and oxygen atoms in total. The normalized spacial score (nSPS) is 14.5. The summed E-state index contributed by atoms with van der Waals surface area (Å²) in [6.45, 7) is 3.18. The van der Waals surface area contributed by atoms with Crippen molar-refractivity contribution in [3.63, 3.8) is 0 Å². The van der Waals surface area contributed by atoms with Crippen LogP contribution in [0.1, 0.15) is 18.4 Å². The number of benzene rings is 2. The first-order valence-corrected chi connectivity index (χ1v) is 8.85. The zero-order valence-corrected chi connectivity index (χ0v) is 15.0. The molecule has 0 unspecified atom stereocenters. The highest BCUT2D eigenvalue weighted by atomic mass is 79.9. The second-order valence-corrected chi connectivity index (χ2v) is 6.98. The van der Waals surface area contributed by atoms with Crippen LogP contribution >= 0.6 is 31.9 Å². The summed E-state index contributed by atoms with van der Waals surface area (Å²) in [7, 11) is 0. The molecule has 0 spiro atoms. The lowest BCUT2D eigenvalue weighted by atomic mass is 10.1. The van der Waals surface area contributed by atoms with Gasteiger partial charge in [-0.1, -0.05) is 24.3 Å². The van der Waals surface area contributed by atoms with Crippen molar-refractivity contribution >= 4 is 43.2 Å². The molecule has 0 amide bonds. The van der Waals surface area contributed by atoms with E-state index in [4.69, 9.17) is 0 Å². The Labute approximate surface area is 142 Å². The van der Waals surface area contributed by atoms with Gasteiger partial charge in [0.1, 0.15) is 0 Å². The molecule has 3 rings (SSSR count). The van der Waals surface area contributed by atoms with Gasteiger partial charge in [0.15, 0.2) is 0 Å². The van der Waals surface area contributed by atoms with Crippen LogP contribution in [0.25, 0.3) is 0 Å². The maximum atomic E-state index is 3.60. The summed E-state index contributed by atoms with van der Waals surface area (Å²) < 4.78 is 2.16. The van der Waals surface area contributed by atoms with E-state index in [2.05, 4.69) is 78.5 Å². The predicted molar refractivity (Wildman–Crippen MR) is 97.1 cm³/mol. The highest BCUT2D eigenvalue weighted by molar-refractivity contribution is 9.11. The Morgan fingerprint density at radius 3 is 2.29 bits per heavy atom. The van der Waals surface area contributed by atoms with E-state index in [9.17, 15) is 0 Å². The fraction of sp³-hybridized carbons (Fsp3) is 0.294. The van der Waals surface area contributed by atoms with Crippen LogP contribution in [0.3, 0.4) is 0 Å². The Bertz CT molecular complexity index is 602. The average molecular weight is 410 g/mol. The number of nitrogens with one attached hydrogen (secondary N) is 1. The highest BCUT2D eigenvalue weighted by Crippen LogP contribution is 2.32. The fourth-order valence-electron chi connectivity index (χ4n) is 2.78. The molecule has 1 aliphatic heterocycles. The lowest BCUT2D eigenvalue weighted by Gasteiger charge is -2.22. The standard InChI is InChI=1S/C17H18Br2N2/c18-14-7-5-8-15(19)17(14)20-12-13-6-1-2-9-16(13)21-10-3-4-11-21/h1-2,5-9,20H,3-4,10-12H2. The molecular weight excluding hydrogens is 392 g/mol. The Hall–Kier alpha value is -1.00. The van der Waals surface area contributed by atoms with E-state index in [1.165, 1.54) is 37.2 Å². The van der Waals surface area contributed by atoms with E-state index in [1.54, 1.807) is 0 Å². The summed E-state index contributed by atoms with van der Waals surface area (Å²) in [4.78, 5) is 2.49. The molecule has 1 saturated heterocycles. The number of hydrogen-bond acceptors (Lipinski definition) is 2. The monoisotopic (exact) mass is 408 g/mol. The van der Waals surface area contributed by atoms with Gasteiger partial charge < -0.3 is 10.2 Å². The van der Waals surface area contributed by atoms with Gasteiger partial charge in [0.25, 0.3) is 0 Å². The molecule has 0 radical (unpaired) electrons. The van der Waals surface area contributed by atoms with Crippen LogP contribution in [0.15, 0.2) is 51.4 Å². The highest BCUT2D eigenvalue weighted by Gasteiger charge is 2.15. The number of para-hydroxylation sites is 2. The second kappa shape index (κ2) is 6.84. The average Bonchev–Trinajstić information content (AvgIpc) is 3.01. The van der Waals surface area contributed by atoms with Crippen LogP contribution in [-0.4, -0.2) is 13.1 Å². The minimum atomic E-state index is 0.827. The summed E-state index contributed by atoms with van der Waals surface area (Å²) in [5, 5.41) is 3.54. The third kappa shape index (κ3) is 3.43. The van der Waals surface area contributed by atoms with Crippen molar-refractivity contribution < 1.29 is 0 Å². The molecule has 21 heavy (non-hydrogen) atoms. The van der Waals surface area contributed by atoms with Gasteiger partial charge in [-0.2, -0.15) is 0 Å². The summed E-state index contributed by atoms with van der Waals surface area (Å²) in [6.07, 6.45) is 2.61. The molecule has 4 heteroatoms. The van der Waals surface area contributed by atoms with Gasteiger partial charge in [0, 0.05) is 34.3 Å². The quantitative estimate of drug-likeness (QED) is 0.724. The molecule has 0 atom stereocenters. The Morgan fingerprint density at radius 2 is 1.57 bits per heavy atom. The molecule has 2 aromatic carbocycles. The van der Waals surface area contributed by atoms with Crippen molar-refractivity contribution in [2.24, 2.45) is 0 Å². The van der Waals surface area contributed by atoms with Crippen molar-refractivity contribution in [1.29, 1.82) is 0 Å². The first kappa shape index (κ1) is 14.9. The van der Waals surface area contributed by atoms with Crippen molar-refractivity contribution in [1.82, 2.24) is 0 Å². The minimum Gasteiger partial charge on any atom is -0.379 e. The second-order valence-electron chi connectivity index (χ2n) is 5.27. The predicted octanol–water partition coefficient (Wildman–Crippen LogP) is 5.42. The van der Waals surface area contributed by atoms with Crippen molar-refractivity contribution in [2.45, 2.75) is 19.4 Å². The van der Waals surface area contributed by atoms with Crippen LogP contribution in [0, 0.1) is 0 Å². The Morgan fingerprint density at radius 1 is 0.905 bits per heavy atom. The zero-order valence-electron chi connectivity index (χ0n) is 11.8. The smallest absolute Gasteiger partial charge is 0.0631 e. The Balaban J connectivity index is 1.79. The molecule has 0 aliphatic carbocycles. The third-order valence-corrected chi connectivity index (χ3v) is 5.18. The van der Waals surface area contributed by atoms with Crippen molar-refractivity contribution in [3.8, 4) is 0 Å². The molecule has 1 aliphatic rings. The molecule has 0 bridgehead atoms. The summed E-state index contributed by atoms with van der Waals surface area (Å²) in [5.74, 6) is 0. The van der Waals surface area contributed by atoms with Crippen molar-refractivity contribution in [2.75, 3.05) is 23.3 Å². The van der Waals surface area contributed by atoms with E-state index < -0.39 is 0 Å². The van der Waals surface area contributed by atoms with Crippen LogP contribution in [0.5, 0.6) is 0 Å². The van der Waals surface area contributed by atoms with Gasteiger partial charge in [0.2, 0.25) is 0 Å². The van der Waals surface area contributed by atoms with Gasteiger partial charge >= 0.3 is 0 Å². The van der Waals surface area contributed by atoms with E-state index in [-0.39, 0.29) is 0 Å². The number of anilines is 2.